The normalized spacial score (nSPS) is 17.8. The van der Waals surface area contributed by atoms with Gasteiger partial charge in [0.2, 0.25) is 5.91 Å². The molecule has 1 N–H and O–H groups in total. The summed E-state index contributed by atoms with van der Waals surface area (Å²) in [6.45, 7) is 6.21. The molecule has 0 aliphatic heterocycles. The average Bonchev–Trinajstić information content (AvgIpc) is 3.04. The largest absolute Gasteiger partial charge is 0.489 e. The Morgan fingerprint density at radius 3 is 3.00 bits per heavy atom. The third kappa shape index (κ3) is 4.52. The maximum Gasteiger partial charge on any atom is 0.217 e. The minimum absolute atomic E-state index is 0.0554. The highest BCUT2D eigenvalue weighted by atomic mass is 32.2. The van der Waals surface area contributed by atoms with E-state index in [2.05, 4.69) is 30.5 Å². The van der Waals surface area contributed by atoms with Crippen LogP contribution in [0.25, 0.3) is 11.0 Å². The lowest BCUT2D eigenvalue weighted by atomic mass is 10.1. The molecule has 0 bridgehead atoms. The second-order valence-electron chi connectivity index (χ2n) is 6.43. The number of ether oxygens (including phenoxy) is 1. The predicted molar refractivity (Wildman–Crippen MR) is 108 cm³/mol. The Morgan fingerprint density at radius 1 is 1.46 bits per heavy atom. The summed E-state index contributed by atoms with van der Waals surface area (Å²) in [5.74, 6) is 1.87. The fourth-order valence-electron chi connectivity index (χ4n) is 3.09. The van der Waals surface area contributed by atoms with Gasteiger partial charge in [0.25, 0.3) is 0 Å². The van der Waals surface area contributed by atoms with Crippen LogP contribution >= 0.6 is 11.8 Å². The Kier molecular flexibility index (Phi) is 6.09. The number of nitrogens with one attached hydrogen (secondary N) is 1. The SMILES string of the molecule is CCSC1C=CC(COc2ccc3c(C(C)NC(C)=O)coc3c2)=CC1. The third-order valence-corrected chi connectivity index (χ3v) is 5.50. The van der Waals surface area contributed by atoms with E-state index < -0.39 is 0 Å². The number of fused-ring (bicyclic) bond motifs is 1. The first-order valence-electron chi connectivity index (χ1n) is 8.96. The number of hydrogen-bond donors (Lipinski definition) is 1. The number of carbonyl (C=O) groups excluding carboxylic acids is 1. The summed E-state index contributed by atoms with van der Waals surface area (Å²) in [6, 6.07) is 5.75. The Bertz CT molecular complexity index is 837. The highest BCUT2D eigenvalue weighted by Crippen LogP contribution is 2.30. The zero-order valence-electron chi connectivity index (χ0n) is 15.5. The van der Waals surface area contributed by atoms with Gasteiger partial charge >= 0.3 is 0 Å². The molecular formula is C21H25NO3S. The molecule has 2 aromatic rings. The smallest absolute Gasteiger partial charge is 0.217 e. The van der Waals surface area contributed by atoms with Crippen molar-refractivity contribution < 1.29 is 13.9 Å². The van der Waals surface area contributed by atoms with Gasteiger partial charge < -0.3 is 14.5 Å². The number of amides is 1. The Morgan fingerprint density at radius 2 is 2.31 bits per heavy atom. The molecule has 1 heterocycles. The van der Waals surface area contributed by atoms with E-state index >= 15 is 0 Å². The molecule has 0 radical (unpaired) electrons. The molecule has 4 nitrogen and oxygen atoms in total. The lowest BCUT2D eigenvalue weighted by Gasteiger charge is -2.15. The van der Waals surface area contributed by atoms with Crippen molar-refractivity contribution in [3.8, 4) is 5.75 Å². The summed E-state index contributed by atoms with van der Waals surface area (Å²) >= 11 is 1.97. The maximum absolute atomic E-state index is 11.3. The van der Waals surface area contributed by atoms with Crippen molar-refractivity contribution in [1.82, 2.24) is 5.32 Å². The molecule has 1 aromatic heterocycles. The molecule has 0 fully saturated rings. The van der Waals surface area contributed by atoms with Crippen molar-refractivity contribution >= 4 is 28.6 Å². The zero-order valence-corrected chi connectivity index (χ0v) is 16.3. The molecule has 1 amide bonds. The number of benzene rings is 1. The first-order valence-corrected chi connectivity index (χ1v) is 10.0. The highest BCUT2D eigenvalue weighted by Gasteiger charge is 2.14. The van der Waals surface area contributed by atoms with Crippen molar-refractivity contribution in [2.24, 2.45) is 0 Å². The van der Waals surface area contributed by atoms with E-state index in [1.54, 1.807) is 6.26 Å². The number of carbonyl (C=O) groups is 1. The van der Waals surface area contributed by atoms with Crippen LogP contribution in [0.4, 0.5) is 0 Å². The van der Waals surface area contributed by atoms with E-state index in [1.165, 1.54) is 12.5 Å². The second-order valence-corrected chi connectivity index (χ2v) is 7.94. The van der Waals surface area contributed by atoms with E-state index in [9.17, 15) is 4.79 Å². The second kappa shape index (κ2) is 8.49. The first kappa shape index (κ1) is 18.6. The molecule has 138 valence electrons. The summed E-state index contributed by atoms with van der Waals surface area (Å²) in [6.07, 6.45) is 9.45. The molecule has 0 spiro atoms. The lowest BCUT2D eigenvalue weighted by molar-refractivity contribution is -0.119. The molecule has 0 saturated heterocycles. The summed E-state index contributed by atoms with van der Waals surface area (Å²) in [5, 5.41) is 4.47. The highest BCUT2D eigenvalue weighted by molar-refractivity contribution is 8.00. The van der Waals surface area contributed by atoms with E-state index in [0.29, 0.717) is 11.9 Å². The molecule has 1 aromatic carbocycles. The van der Waals surface area contributed by atoms with Crippen molar-refractivity contribution in [2.75, 3.05) is 12.4 Å². The van der Waals surface area contributed by atoms with Crippen LogP contribution in [0.1, 0.15) is 38.8 Å². The van der Waals surface area contributed by atoms with Gasteiger partial charge in [-0.25, -0.2) is 0 Å². The van der Waals surface area contributed by atoms with Crippen LogP contribution in [-0.4, -0.2) is 23.5 Å². The van der Waals surface area contributed by atoms with Gasteiger partial charge in [-0.1, -0.05) is 25.2 Å². The minimum Gasteiger partial charge on any atom is -0.489 e. The zero-order chi connectivity index (χ0) is 18.5. The van der Waals surface area contributed by atoms with Crippen LogP contribution in [0.3, 0.4) is 0 Å². The maximum atomic E-state index is 11.3. The molecule has 5 heteroatoms. The van der Waals surface area contributed by atoms with E-state index in [0.717, 1.165) is 34.5 Å². The standard InChI is InChI=1S/C21H25NO3S/c1-4-26-18-8-5-16(6-9-18)12-24-17-7-10-19-20(13-25-21(19)11-17)14(2)22-15(3)23/h5-8,10-11,13-14,18H,4,9,12H2,1-3H3,(H,22,23). The van der Waals surface area contributed by atoms with E-state index in [1.807, 2.05) is 36.9 Å². The quantitative estimate of drug-likeness (QED) is 0.743. The predicted octanol–water partition coefficient (Wildman–Crippen LogP) is 5.02. The van der Waals surface area contributed by atoms with E-state index in [-0.39, 0.29) is 11.9 Å². The van der Waals surface area contributed by atoms with Crippen LogP contribution in [0.15, 0.2) is 52.7 Å². The molecule has 2 unspecified atom stereocenters. The molecule has 1 aliphatic rings. The van der Waals surface area contributed by atoms with Gasteiger partial charge in [0.1, 0.15) is 17.9 Å². The van der Waals surface area contributed by atoms with Crippen LogP contribution in [-0.2, 0) is 4.79 Å². The van der Waals surface area contributed by atoms with Crippen molar-refractivity contribution in [3.05, 3.63) is 53.8 Å². The Hall–Kier alpha value is -2.14. The molecule has 3 rings (SSSR count). The molecule has 2 atom stereocenters. The van der Waals surface area contributed by atoms with Crippen molar-refractivity contribution in [2.45, 2.75) is 38.5 Å². The number of rotatable bonds is 7. The van der Waals surface area contributed by atoms with Gasteiger partial charge in [-0.05, 0) is 36.8 Å². The molecular weight excluding hydrogens is 346 g/mol. The topological polar surface area (TPSA) is 51.5 Å². The van der Waals surface area contributed by atoms with E-state index in [4.69, 9.17) is 9.15 Å². The minimum atomic E-state index is -0.0908. The van der Waals surface area contributed by atoms with Crippen LogP contribution < -0.4 is 10.1 Å². The van der Waals surface area contributed by atoms with Crippen LogP contribution in [0.5, 0.6) is 5.75 Å². The summed E-state index contributed by atoms with van der Waals surface area (Å²) < 4.78 is 11.6. The summed E-state index contributed by atoms with van der Waals surface area (Å²) in [7, 11) is 0. The van der Waals surface area contributed by atoms with Crippen molar-refractivity contribution in [1.29, 1.82) is 0 Å². The van der Waals surface area contributed by atoms with Crippen LogP contribution in [0.2, 0.25) is 0 Å². The third-order valence-electron chi connectivity index (χ3n) is 4.39. The Balaban J connectivity index is 1.63. The van der Waals surface area contributed by atoms with Crippen molar-refractivity contribution in [3.63, 3.8) is 0 Å². The summed E-state index contributed by atoms with van der Waals surface area (Å²) in [4.78, 5) is 11.3. The number of furan rings is 1. The first-order chi connectivity index (χ1) is 12.6. The number of allylic oxidation sites excluding steroid dienone is 1. The average molecular weight is 372 g/mol. The van der Waals surface area contributed by atoms with Gasteiger partial charge in [0.05, 0.1) is 12.3 Å². The van der Waals surface area contributed by atoms with Crippen LogP contribution in [0, 0.1) is 0 Å². The van der Waals surface area contributed by atoms with Gasteiger partial charge in [-0.2, -0.15) is 11.8 Å². The molecule has 0 saturated carbocycles. The fourth-order valence-corrected chi connectivity index (χ4v) is 3.94. The fraction of sp³-hybridized carbons (Fsp3) is 0.381. The molecule has 1 aliphatic carbocycles. The van der Waals surface area contributed by atoms with Gasteiger partial charge in [0.15, 0.2) is 0 Å². The molecule has 26 heavy (non-hydrogen) atoms. The van der Waals surface area contributed by atoms with Gasteiger partial charge in [-0.15, -0.1) is 0 Å². The summed E-state index contributed by atoms with van der Waals surface area (Å²) in [5.41, 5.74) is 2.94. The van der Waals surface area contributed by atoms with Gasteiger partial charge in [-0.3, -0.25) is 4.79 Å². The van der Waals surface area contributed by atoms with Gasteiger partial charge in [0, 0.05) is 29.2 Å². The number of hydrogen-bond acceptors (Lipinski definition) is 4. The monoisotopic (exact) mass is 371 g/mol. The Labute approximate surface area is 158 Å². The lowest BCUT2D eigenvalue weighted by Crippen LogP contribution is -2.23. The number of thioether (sulfide) groups is 1.